The number of nitrogens with zero attached hydrogens (tertiary/aromatic N) is 2. The Morgan fingerprint density at radius 1 is 0.864 bits per heavy atom. The van der Waals surface area contributed by atoms with E-state index in [2.05, 4.69) is 0 Å². The first-order valence-electron chi connectivity index (χ1n) is 13.1. The molecule has 1 aliphatic heterocycles. The van der Waals surface area contributed by atoms with Crippen LogP contribution in [0.15, 0.2) is 114 Å². The summed E-state index contributed by atoms with van der Waals surface area (Å²) in [6.45, 7) is 0. The third kappa shape index (κ3) is 5.41. The van der Waals surface area contributed by atoms with Crippen molar-refractivity contribution < 1.29 is 37.0 Å². The number of hydrogen-bond donors (Lipinski definition) is 1. The molecule has 0 amide bonds. The molecule has 222 valence electrons. The SMILES string of the molecule is COC(=O)C1=C(C(=O)OC)N(c2cc(C(F)(F)F)ccc2Oc2ccc3ccccc3c2)C(N)=C(C#N)C1c1ccccc1. The number of esters is 2. The zero-order valence-electron chi connectivity index (χ0n) is 23.4. The minimum Gasteiger partial charge on any atom is -0.466 e. The van der Waals surface area contributed by atoms with Crippen molar-refractivity contribution in [3.05, 3.63) is 125 Å². The lowest BCUT2D eigenvalue weighted by Gasteiger charge is -2.36. The predicted molar refractivity (Wildman–Crippen MR) is 155 cm³/mol. The fourth-order valence-corrected chi connectivity index (χ4v) is 5.08. The number of nitrogens with two attached hydrogens (primary N) is 1. The minimum absolute atomic E-state index is 0.155. The smallest absolute Gasteiger partial charge is 0.416 e. The van der Waals surface area contributed by atoms with E-state index in [9.17, 15) is 28.0 Å². The van der Waals surface area contributed by atoms with E-state index >= 15 is 0 Å². The van der Waals surface area contributed by atoms with E-state index in [0.29, 0.717) is 5.56 Å². The first-order chi connectivity index (χ1) is 21.1. The topological polar surface area (TPSA) is 115 Å². The highest BCUT2D eigenvalue weighted by Crippen LogP contribution is 2.47. The van der Waals surface area contributed by atoms with Gasteiger partial charge in [-0.15, -0.1) is 0 Å². The van der Waals surface area contributed by atoms with Gasteiger partial charge in [0.2, 0.25) is 0 Å². The van der Waals surface area contributed by atoms with Crippen molar-refractivity contribution in [1.29, 1.82) is 5.26 Å². The second kappa shape index (κ2) is 11.9. The maximum Gasteiger partial charge on any atom is 0.416 e. The summed E-state index contributed by atoms with van der Waals surface area (Å²) in [5.74, 6) is -3.62. The summed E-state index contributed by atoms with van der Waals surface area (Å²) >= 11 is 0. The molecule has 0 radical (unpaired) electrons. The van der Waals surface area contributed by atoms with E-state index in [1.54, 1.807) is 48.5 Å². The van der Waals surface area contributed by atoms with Crippen LogP contribution in [0.25, 0.3) is 10.8 Å². The monoisotopic (exact) mass is 599 g/mol. The maximum atomic E-state index is 14.0. The van der Waals surface area contributed by atoms with Crippen LogP contribution in [0.5, 0.6) is 11.5 Å². The van der Waals surface area contributed by atoms with Crippen LogP contribution in [0.1, 0.15) is 17.0 Å². The van der Waals surface area contributed by atoms with Crippen molar-refractivity contribution in [2.75, 3.05) is 19.1 Å². The van der Waals surface area contributed by atoms with E-state index in [0.717, 1.165) is 48.1 Å². The highest BCUT2D eigenvalue weighted by atomic mass is 19.4. The summed E-state index contributed by atoms with van der Waals surface area (Å²) in [5, 5.41) is 12.0. The van der Waals surface area contributed by atoms with Crippen molar-refractivity contribution in [2.45, 2.75) is 12.1 Å². The molecule has 2 N–H and O–H groups in total. The normalized spacial score (nSPS) is 15.2. The molecule has 1 heterocycles. The molecule has 0 aromatic heterocycles. The lowest BCUT2D eigenvalue weighted by atomic mass is 9.81. The highest BCUT2D eigenvalue weighted by Gasteiger charge is 2.44. The number of carbonyl (C=O) groups excluding carboxylic acids is 2. The van der Waals surface area contributed by atoms with E-state index < -0.39 is 41.1 Å². The number of nitriles is 1. The molecule has 0 saturated heterocycles. The zero-order valence-corrected chi connectivity index (χ0v) is 23.4. The Labute approximate surface area is 250 Å². The lowest BCUT2D eigenvalue weighted by molar-refractivity contribution is -0.139. The van der Waals surface area contributed by atoms with Gasteiger partial charge in [-0.1, -0.05) is 60.7 Å². The highest BCUT2D eigenvalue weighted by molar-refractivity contribution is 6.06. The van der Waals surface area contributed by atoms with Crippen LogP contribution in [0, 0.1) is 11.3 Å². The van der Waals surface area contributed by atoms with Crippen LogP contribution in [0.4, 0.5) is 18.9 Å². The standard InChI is InChI=1S/C33H24F3N3O5/c1-42-31(40)28-27(20-9-4-3-5-10-20)24(18-37)30(38)39(29(28)32(41)43-2)25-17-22(33(34,35)36)13-15-26(25)44-23-14-12-19-8-6-7-11-21(19)16-23/h3-17,27H,38H2,1-2H3. The number of rotatable bonds is 6. The number of alkyl halides is 3. The molecule has 44 heavy (non-hydrogen) atoms. The van der Waals surface area contributed by atoms with Crippen molar-refractivity contribution >= 4 is 28.4 Å². The van der Waals surface area contributed by atoms with Gasteiger partial charge in [0, 0.05) is 0 Å². The van der Waals surface area contributed by atoms with Crippen molar-refractivity contribution in [2.24, 2.45) is 5.73 Å². The first kappa shape index (κ1) is 29.7. The van der Waals surface area contributed by atoms with Crippen molar-refractivity contribution in [3.8, 4) is 17.6 Å². The number of allylic oxidation sites excluding steroid dienone is 1. The fraction of sp³-hybridized carbons (Fsp3) is 0.121. The van der Waals surface area contributed by atoms with Crippen molar-refractivity contribution in [1.82, 2.24) is 0 Å². The Morgan fingerprint density at radius 2 is 1.52 bits per heavy atom. The lowest BCUT2D eigenvalue weighted by Crippen LogP contribution is -2.41. The number of halogens is 3. The average Bonchev–Trinajstić information content (AvgIpc) is 3.03. The molecular weight excluding hydrogens is 575 g/mol. The zero-order chi connectivity index (χ0) is 31.6. The molecule has 1 unspecified atom stereocenters. The summed E-state index contributed by atoms with van der Waals surface area (Å²) in [6, 6.07) is 25.3. The van der Waals surface area contributed by atoms with Crippen LogP contribution < -0.4 is 15.4 Å². The fourth-order valence-electron chi connectivity index (χ4n) is 5.08. The molecule has 8 nitrogen and oxygen atoms in total. The number of fused-ring (bicyclic) bond motifs is 1. The maximum absolute atomic E-state index is 14.0. The summed E-state index contributed by atoms with van der Waals surface area (Å²) < 4.78 is 58.2. The quantitative estimate of drug-likeness (QED) is 0.248. The third-order valence-electron chi connectivity index (χ3n) is 7.09. The Bertz CT molecular complexity index is 1880. The number of carbonyl (C=O) groups is 2. The number of hydrogen-bond acceptors (Lipinski definition) is 8. The van der Waals surface area contributed by atoms with Gasteiger partial charge in [-0.25, -0.2) is 9.59 Å². The Balaban J connectivity index is 1.81. The van der Waals surface area contributed by atoms with Crippen LogP contribution in [-0.2, 0) is 25.2 Å². The Kier molecular flexibility index (Phi) is 8.01. The van der Waals surface area contributed by atoms with E-state index in [4.69, 9.17) is 19.9 Å². The number of ether oxygens (including phenoxy) is 3. The summed E-state index contributed by atoms with van der Waals surface area (Å²) in [7, 11) is 2.11. The van der Waals surface area contributed by atoms with Gasteiger partial charge < -0.3 is 19.9 Å². The van der Waals surface area contributed by atoms with Gasteiger partial charge in [0.05, 0.1) is 48.6 Å². The van der Waals surface area contributed by atoms with Crippen molar-refractivity contribution in [3.63, 3.8) is 0 Å². The third-order valence-corrected chi connectivity index (χ3v) is 7.09. The van der Waals surface area contributed by atoms with Gasteiger partial charge in [-0.3, -0.25) is 4.90 Å². The van der Waals surface area contributed by atoms with Gasteiger partial charge in [-0.2, -0.15) is 18.4 Å². The summed E-state index contributed by atoms with van der Waals surface area (Å²) in [5.41, 5.74) is 4.37. The number of benzene rings is 4. The molecule has 0 aliphatic carbocycles. The molecule has 4 aromatic rings. The molecule has 0 bridgehead atoms. The van der Waals surface area contributed by atoms with Gasteiger partial charge in [0.25, 0.3) is 0 Å². The van der Waals surface area contributed by atoms with E-state index in [1.807, 2.05) is 30.3 Å². The molecule has 11 heteroatoms. The molecule has 0 spiro atoms. The van der Waals surface area contributed by atoms with E-state index in [-0.39, 0.29) is 28.3 Å². The van der Waals surface area contributed by atoms with E-state index in [1.165, 1.54) is 0 Å². The number of anilines is 1. The largest absolute Gasteiger partial charge is 0.466 e. The second-order valence-corrected chi connectivity index (χ2v) is 9.63. The molecular formula is C33H24F3N3O5. The first-order valence-corrected chi connectivity index (χ1v) is 13.1. The molecule has 1 atom stereocenters. The number of methoxy groups -OCH3 is 2. The molecule has 0 fully saturated rings. The Morgan fingerprint density at radius 3 is 2.16 bits per heavy atom. The van der Waals surface area contributed by atoms with Crippen LogP contribution in [0.3, 0.4) is 0 Å². The summed E-state index contributed by atoms with van der Waals surface area (Å²) in [4.78, 5) is 27.7. The van der Waals surface area contributed by atoms with Gasteiger partial charge in [0.1, 0.15) is 17.3 Å². The molecule has 1 aliphatic rings. The van der Waals surface area contributed by atoms with Crippen LogP contribution >= 0.6 is 0 Å². The molecule has 0 saturated carbocycles. The van der Waals surface area contributed by atoms with Gasteiger partial charge >= 0.3 is 18.1 Å². The molecule has 4 aromatic carbocycles. The summed E-state index contributed by atoms with van der Waals surface area (Å²) in [6.07, 6.45) is -4.81. The minimum atomic E-state index is -4.81. The van der Waals surface area contributed by atoms with Gasteiger partial charge in [0.15, 0.2) is 5.75 Å². The van der Waals surface area contributed by atoms with Gasteiger partial charge in [-0.05, 0) is 46.7 Å². The van der Waals surface area contributed by atoms with Crippen LogP contribution in [-0.4, -0.2) is 26.2 Å². The predicted octanol–water partition coefficient (Wildman–Crippen LogP) is 6.55. The second-order valence-electron chi connectivity index (χ2n) is 9.63. The Hall–Kier alpha value is -5.76. The average molecular weight is 600 g/mol. The molecule has 5 rings (SSSR count). The van der Waals surface area contributed by atoms with Crippen LogP contribution in [0.2, 0.25) is 0 Å².